The fourth-order valence-corrected chi connectivity index (χ4v) is 1.54. The van der Waals surface area contributed by atoms with Gasteiger partial charge in [-0.2, -0.15) is 0 Å². The van der Waals surface area contributed by atoms with E-state index in [0.29, 0.717) is 12.4 Å². The van der Waals surface area contributed by atoms with Crippen LogP contribution < -0.4 is 16.0 Å². The van der Waals surface area contributed by atoms with Gasteiger partial charge in [-0.25, -0.2) is 4.98 Å². The van der Waals surface area contributed by atoms with Gasteiger partial charge in [0.1, 0.15) is 17.7 Å². The standard InChI is InChI=1S/C12H19N5O3/c1-4-5-14-10-6-9(17(19)20)7-11(16-10)15-8(2)12(18)13-3/h6-8H,4-5H2,1-3H3,(H,13,18)(H2,14,15,16). The summed E-state index contributed by atoms with van der Waals surface area (Å²) in [5.41, 5.74) is -0.0785. The molecule has 1 aromatic rings. The molecule has 1 atom stereocenters. The number of nitro groups is 1. The van der Waals surface area contributed by atoms with Crippen molar-refractivity contribution < 1.29 is 9.72 Å². The van der Waals surface area contributed by atoms with Crippen molar-refractivity contribution in [2.75, 3.05) is 24.2 Å². The second-order valence-corrected chi connectivity index (χ2v) is 4.26. The highest BCUT2D eigenvalue weighted by molar-refractivity contribution is 5.83. The molecule has 1 unspecified atom stereocenters. The van der Waals surface area contributed by atoms with Crippen molar-refractivity contribution in [2.45, 2.75) is 26.3 Å². The lowest BCUT2D eigenvalue weighted by atomic mass is 10.3. The highest BCUT2D eigenvalue weighted by Crippen LogP contribution is 2.21. The molecule has 0 aliphatic rings. The van der Waals surface area contributed by atoms with E-state index in [1.54, 1.807) is 6.92 Å². The molecule has 8 nitrogen and oxygen atoms in total. The van der Waals surface area contributed by atoms with E-state index in [1.165, 1.54) is 19.2 Å². The molecular formula is C12H19N5O3. The molecule has 0 bridgehead atoms. The predicted octanol–water partition coefficient (Wildman–Crippen LogP) is 1.36. The number of aromatic nitrogens is 1. The lowest BCUT2D eigenvalue weighted by molar-refractivity contribution is -0.384. The maximum Gasteiger partial charge on any atom is 0.276 e. The van der Waals surface area contributed by atoms with Crippen molar-refractivity contribution in [2.24, 2.45) is 0 Å². The molecule has 8 heteroatoms. The Morgan fingerprint density at radius 1 is 1.45 bits per heavy atom. The zero-order valence-electron chi connectivity index (χ0n) is 11.8. The fourth-order valence-electron chi connectivity index (χ4n) is 1.54. The van der Waals surface area contributed by atoms with E-state index in [4.69, 9.17) is 0 Å². The van der Waals surface area contributed by atoms with Crippen LogP contribution >= 0.6 is 0 Å². The number of rotatable bonds is 7. The van der Waals surface area contributed by atoms with Crippen LogP contribution in [0.1, 0.15) is 20.3 Å². The topological polar surface area (TPSA) is 109 Å². The molecule has 0 saturated heterocycles. The molecule has 110 valence electrons. The molecule has 3 N–H and O–H groups in total. The van der Waals surface area contributed by atoms with Gasteiger partial charge in [0.15, 0.2) is 0 Å². The Bertz CT molecular complexity index is 492. The number of pyridine rings is 1. The van der Waals surface area contributed by atoms with E-state index in [9.17, 15) is 14.9 Å². The summed E-state index contributed by atoms with van der Waals surface area (Å²) in [4.78, 5) is 26.1. The number of carbonyl (C=O) groups excluding carboxylic acids is 1. The summed E-state index contributed by atoms with van der Waals surface area (Å²) >= 11 is 0. The molecule has 0 aromatic carbocycles. The number of hydrogen-bond acceptors (Lipinski definition) is 6. The van der Waals surface area contributed by atoms with Gasteiger partial charge < -0.3 is 16.0 Å². The van der Waals surface area contributed by atoms with Crippen LogP contribution in [0.2, 0.25) is 0 Å². The van der Waals surface area contributed by atoms with Crippen LogP contribution in [0.5, 0.6) is 0 Å². The number of carbonyl (C=O) groups is 1. The molecule has 0 radical (unpaired) electrons. The number of anilines is 2. The number of hydrogen-bond donors (Lipinski definition) is 3. The number of nitrogens with zero attached hydrogens (tertiary/aromatic N) is 2. The first-order valence-corrected chi connectivity index (χ1v) is 6.36. The van der Waals surface area contributed by atoms with Gasteiger partial charge in [0.25, 0.3) is 5.69 Å². The van der Waals surface area contributed by atoms with Crippen molar-refractivity contribution in [3.8, 4) is 0 Å². The highest BCUT2D eigenvalue weighted by Gasteiger charge is 2.15. The third kappa shape index (κ3) is 4.38. The van der Waals surface area contributed by atoms with Gasteiger partial charge in [-0.05, 0) is 13.3 Å². The van der Waals surface area contributed by atoms with Gasteiger partial charge in [0.2, 0.25) is 5.91 Å². The van der Waals surface area contributed by atoms with Crippen molar-refractivity contribution in [3.63, 3.8) is 0 Å². The van der Waals surface area contributed by atoms with Crippen molar-refractivity contribution in [1.82, 2.24) is 10.3 Å². The van der Waals surface area contributed by atoms with E-state index in [-0.39, 0.29) is 17.4 Å². The van der Waals surface area contributed by atoms with Crippen LogP contribution in [0.25, 0.3) is 0 Å². The SMILES string of the molecule is CCCNc1cc([N+](=O)[O-])cc(NC(C)C(=O)NC)n1. The van der Waals surface area contributed by atoms with E-state index in [2.05, 4.69) is 20.9 Å². The van der Waals surface area contributed by atoms with Gasteiger partial charge >= 0.3 is 0 Å². The van der Waals surface area contributed by atoms with Gasteiger partial charge in [-0.3, -0.25) is 14.9 Å². The molecular weight excluding hydrogens is 262 g/mol. The molecule has 0 aliphatic carbocycles. The Labute approximate surface area is 117 Å². The van der Waals surface area contributed by atoms with E-state index >= 15 is 0 Å². The lowest BCUT2D eigenvalue weighted by Crippen LogP contribution is -2.35. The second-order valence-electron chi connectivity index (χ2n) is 4.26. The molecule has 1 amide bonds. The first-order chi connectivity index (χ1) is 9.47. The van der Waals surface area contributed by atoms with Gasteiger partial charge in [-0.15, -0.1) is 0 Å². The zero-order valence-corrected chi connectivity index (χ0v) is 11.8. The van der Waals surface area contributed by atoms with Gasteiger partial charge in [-0.1, -0.05) is 6.92 Å². The van der Waals surface area contributed by atoms with Crippen LogP contribution in [0.15, 0.2) is 12.1 Å². The molecule has 0 spiro atoms. The Morgan fingerprint density at radius 2 is 2.10 bits per heavy atom. The van der Waals surface area contributed by atoms with Gasteiger partial charge in [0.05, 0.1) is 17.1 Å². The van der Waals surface area contributed by atoms with E-state index in [1.807, 2.05) is 6.92 Å². The normalized spacial score (nSPS) is 11.6. The number of amides is 1. The largest absolute Gasteiger partial charge is 0.370 e. The quantitative estimate of drug-likeness (QED) is 0.514. The minimum absolute atomic E-state index is 0.0785. The third-order valence-electron chi connectivity index (χ3n) is 2.58. The van der Waals surface area contributed by atoms with Gasteiger partial charge in [0, 0.05) is 13.6 Å². The summed E-state index contributed by atoms with van der Waals surface area (Å²) in [5, 5.41) is 19.2. The first kappa shape index (κ1) is 15.7. The highest BCUT2D eigenvalue weighted by atomic mass is 16.6. The predicted molar refractivity (Wildman–Crippen MR) is 76.8 cm³/mol. The van der Waals surface area contributed by atoms with Crippen LogP contribution in [0, 0.1) is 10.1 Å². The maximum absolute atomic E-state index is 11.4. The summed E-state index contributed by atoms with van der Waals surface area (Å²) in [6.45, 7) is 4.30. The third-order valence-corrected chi connectivity index (χ3v) is 2.58. The van der Waals surface area contributed by atoms with Crippen LogP contribution in [-0.4, -0.2) is 35.4 Å². The van der Waals surface area contributed by atoms with Crippen molar-refractivity contribution in [1.29, 1.82) is 0 Å². The Balaban J connectivity index is 2.96. The fraction of sp³-hybridized carbons (Fsp3) is 0.500. The maximum atomic E-state index is 11.4. The average molecular weight is 281 g/mol. The summed E-state index contributed by atoms with van der Waals surface area (Å²) in [6.07, 6.45) is 0.877. The molecule has 1 rings (SSSR count). The second kappa shape index (κ2) is 7.27. The van der Waals surface area contributed by atoms with Crippen molar-refractivity contribution >= 4 is 23.2 Å². The summed E-state index contributed by atoms with van der Waals surface area (Å²) < 4.78 is 0. The number of nitrogens with one attached hydrogen (secondary N) is 3. The van der Waals surface area contributed by atoms with E-state index < -0.39 is 11.0 Å². The summed E-state index contributed by atoms with van der Waals surface area (Å²) in [7, 11) is 1.52. The monoisotopic (exact) mass is 281 g/mol. The van der Waals surface area contributed by atoms with Crippen LogP contribution in [0.4, 0.5) is 17.3 Å². The first-order valence-electron chi connectivity index (χ1n) is 6.36. The molecule has 20 heavy (non-hydrogen) atoms. The molecule has 0 fully saturated rings. The molecule has 0 aliphatic heterocycles. The Hall–Kier alpha value is -2.38. The van der Waals surface area contributed by atoms with E-state index in [0.717, 1.165) is 6.42 Å². The van der Waals surface area contributed by atoms with Crippen LogP contribution in [0.3, 0.4) is 0 Å². The Kier molecular flexibility index (Phi) is 5.70. The minimum atomic E-state index is -0.534. The smallest absolute Gasteiger partial charge is 0.276 e. The molecule has 1 aromatic heterocycles. The molecule has 1 heterocycles. The molecule has 0 saturated carbocycles. The zero-order chi connectivity index (χ0) is 15.1. The average Bonchev–Trinajstić information content (AvgIpc) is 2.43. The summed E-state index contributed by atoms with van der Waals surface area (Å²) in [6, 6.07) is 2.13. The Morgan fingerprint density at radius 3 is 2.65 bits per heavy atom. The summed E-state index contributed by atoms with van der Waals surface area (Å²) in [5.74, 6) is 0.475. The minimum Gasteiger partial charge on any atom is -0.370 e. The number of likely N-dealkylation sites (N-methyl/N-ethyl adjacent to an activating group) is 1. The van der Waals surface area contributed by atoms with Crippen molar-refractivity contribution in [3.05, 3.63) is 22.2 Å². The van der Waals surface area contributed by atoms with Crippen LogP contribution in [-0.2, 0) is 4.79 Å². The lowest BCUT2D eigenvalue weighted by Gasteiger charge is -2.14.